The summed E-state index contributed by atoms with van der Waals surface area (Å²) in [6, 6.07) is 8.41. The summed E-state index contributed by atoms with van der Waals surface area (Å²) in [4.78, 5) is 12.0. The second kappa shape index (κ2) is 4.44. The summed E-state index contributed by atoms with van der Waals surface area (Å²) in [5.41, 5.74) is 0.603. The number of hydrogen-bond donors (Lipinski definition) is 1. The summed E-state index contributed by atoms with van der Waals surface area (Å²) in [6.45, 7) is 1.74. The Kier molecular flexibility index (Phi) is 2.76. The summed E-state index contributed by atoms with van der Waals surface area (Å²) in [5.74, 6) is 0.770. The summed E-state index contributed by atoms with van der Waals surface area (Å²) < 4.78 is 10.3. The molecule has 0 fully saturated rings. The highest BCUT2D eigenvalue weighted by Crippen LogP contribution is 2.23. The molecule has 19 heavy (non-hydrogen) atoms. The largest absolute Gasteiger partial charge is 0.451 e. The number of aromatic nitrogens is 1. The summed E-state index contributed by atoms with van der Waals surface area (Å²) in [7, 11) is 0. The summed E-state index contributed by atoms with van der Waals surface area (Å²) in [6.07, 6.45) is 0. The van der Waals surface area contributed by atoms with Crippen molar-refractivity contribution in [3.63, 3.8) is 0 Å². The van der Waals surface area contributed by atoms with Crippen LogP contribution in [0.3, 0.4) is 0 Å². The molecule has 0 unspecified atom stereocenters. The lowest BCUT2D eigenvalue weighted by molar-refractivity contribution is 0.0998. The van der Waals surface area contributed by atoms with E-state index in [4.69, 9.17) is 20.5 Å². The van der Waals surface area contributed by atoms with Crippen LogP contribution in [0.2, 0.25) is 5.02 Å². The molecule has 0 saturated heterocycles. The minimum Gasteiger partial charge on any atom is -0.451 e. The molecule has 0 atom stereocenters. The Hall–Kier alpha value is -2.27. The number of carbonyl (C=O) groups is 1. The van der Waals surface area contributed by atoms with E-state index in [-0.39, 0.29) is 11.7 Å². The summed E-state index contributed by atoms with van der Waals surface area (Å²) >= 11 is 5.88. The first kappa shape index (κ1) is 11.8. The number of benzene rings is 1. The predicted octanol–water partition coefficient (Wildman–Crippen LogP) is 3.63. The highest BCUT2D eigenvalue weighted by atomic mass is 35.5. The zero-order valence-corrected chi connectivity index (χ0v) is 10.7. The average molecular weight is 277 g/mol. The number of fused-ring (bicyclic) bond motifs is 1. The van der Waals surface area contributed by atoms with Crippen LogP contribution in [0.1, 0.15) is 16.3 Å². The van der Waals surface area contributed by atoms with Gasteiger partial charge in [0, 0.05) is 16.5 Å². The smallest absolute Gasteiger partial charge is 0.292 e. The number of nitrogens with zero attached hydrogens (tertiary/aromatic N) is 1. The van der Waals surface area contributed by atoms with E-state index < -0.39 is 0 Å². The van der Waals surface area contributed by atoms with Gasteiger partial charge in [-0.2, -0.15) is 0 Å². The standard InChI is InChI=1S/C13H9ClN2O3/c1-7-4-12(16-19-7)15-13(17)11-6-8-5-9(14)2-3-10(8)18-11/h2-6H,1H3,(H,15,16,17). The van der Waals surface area contributed by atoms with E-state index in [0.717, 1.165) is 5.39 Å². The quantitative estimate of drug-likeness (QED) is 0.776. The van der Waals surface area contributed by atoms with Crippen LogP contribution in [0.5, 0.6) is 0 Å². The fourth-order valence-corrected chi connectivity index (χ4v) is 1.91. The average Bonchev–Trinajstić information content (AvgIpc) is 2.95. The Bertz CT molecular complexity index is 760. The molecule has 0 bridgehead atoms. The lowest BCUT2D eigenvalue weighted by Crippen LogP contribution is -2.10. The highest BCUT2D eigenvalue weighted by molar-refractivity contribution is 6.31. The van der Waals surface area contributed by atoms with E-state index in [1.54, 1.807) is 37.3 Å². The van der Waals surface area contributed by atoms with Gasteiger partial charge in [-0.25, -0.2) is 0 Å². The van der Waals surface area contributed by atoms with Crippen molar-refractivity contribution < 1.29 is 13.7 Å². The van der Waals surface area contributed by atoms with Crippen LogP contribution in [-0.4, -0.2) is 11.1 Å². The zero-order chi connectivity index (χ0) is 13.4. The van der Waals surface area contributed by atoms with E-state index in [0.29, 0.717) is 22.2 Å². The highest BCUT2D eigenvalue weighted by Gasteiger charge is 2.14. The maximum absolute atomic E-state index is 12.0. The normalized spacial score (nSPS) is 10.8. The molecule has 0 saturated carbocycles. The third kappa shape index (κ3) is 2.32. The molecule has 0 aliphatic carbocycles. The molecular weight excluding hydrogens is 268 g/mol. The molecule has 1 N–H and O–H groups in total. The number of carbonyl (C=O) groups excluding carboxylic acids is 1. The Morgan fingerprint density at radius 3 is 2.89 bits per heavy atom. The van der Waals surface area contributed by atoms with Crippen LogP contribution in [0.25, 0.3) is 11.0 Å². The molecule has 0 spiro atoms. The van der Waals surface area contributed by atoms with Crippen LogP contribution in [0.15, 0.2) is 39.3 Å². The van der Waals surface area contributed by atoms with Gasteiger partial charge in [-0.15, -0.1) is 0 Å². The van der Waals surface area contributed by atoms with Gasteiger partial charge in [-0.05, 0) is 31.2 Å². The first-order valence-corrected chi connectivity index (χ1v) is 5.93. The molecule has 1 aromatic carbocycles. The van der Waals surface area contributed by atoms with Crippen molar-refractivity contribution >= 4 is 34.3 Å². The third-order valence-electron chi connectivity index (χ3n) is 2.57. The van der Waals surface area contributed by atoms with Crippen molar-refractivity contribution in [1.82, 2.24) is 5.16 Å². The van der Waals surface area contributed by atoms with Crippen molar-refractivity contribution in [3.05, 3.63) is 46.9 Å². The molecule has 3 rings (SSSR count). The van der Waals surface area contributed by atoms with E-state index in [1.165, 1.54) is 0 Å². The van der Waals surface area contributed by atoms with Crippen molar-refractivity contribution in [2.45, 2.75) is 6.92 Å². The third-order valence-corrected chi connectivity index (χ3v) is 2.81. The topological polar surface area (TPSA) is 68.3 Å². The Labute approximate surface area is 113 Å². The fourth-order valence-electron chi connectivity index (χ4n) is 1.73. The van der Waals surface area contributed by atoms with Gasteiger partial charge < -0.3 is 14.3 Å². The van der Waals surface area contributed by atoms with E-state index in [9.17, 15) is 4.79 Å². The molecular formula is C13H9ClN2O3. The molecule has 6 heteroatoms. The molecule has 0 aliphatic heterocycles. The van der Waals surface area contributed by atoms with Gasteiger partial charge in [-0.1, -0.05) is 16.8 Å². The minimum absolute atomic E-state index is 0.193. The SMILES string of the molecule is Cc1cc(NC(=O)c2cc3cc(Cl)ccc3o2)no1. The van der Waals surface area contributed by atoms with Crippen molar-refractivity contribution in [2.24, 2.45) is 0 Å². The lowest BCUT2D eigenvalue weighted by atomic mass is 10.2. The number of hydrogen-bond acceptors (Lipinski definition) is 4. The van der Waals surface area contributed by atoms with Crippen molar-refractivity contribution in [2.75, 3.05) is 5.32 Å². The number of rotatable bonds is 2. The van der Waals surface area contributed by atoms with Crippen LogP contribution in [0, 0.1) is 6.92 Å². The predicted molar refractivity (Wildman–Crippen MR) is 70.4 cm³/mol. The molecule has 2 aromatic heterocycles. The van der Waals surface area contributed by atoms with Gasteiger partial charge in [-0.3, -0.25) is 4.79 Å². The monoisotopic (exact) mass is 276 g/mol. The van der Waals surface area contributed by atoms with E-state index in [2.05, 4.69) is 10.5 Å². The van der Waals surface area contributed by atoms with E-state index >= 15 is 0 Å². The van der Waals surface area contributed by atoms with Crippen LogP contribution < -0.4 is 5.32 Å². The number of amides is 1. The number of aryl methyl sites for hydroxylation is 1. The number of furan rings is 1. The number of halogens is 1. The van der Waals surface area contributed by atoms with Gasteiger partial charge in [0.25, 0.3) is 5.91 Å². The zero-order valence-electron chi connectivity index (χ0n) is 9.94. The first-order chi connectivity index (χ1) is 9.11. The minimum atomic E-state index is -0.388. The maximum Gasteiger partial charge on any atom is 0.292 e. The molecule has 3 aromatic rings. The number of nitrogens with one attached hydrogen (secondary N) is 1. The molecule has 0 aliphatic rings. The number of anilines is 1. The molecule has 2 heterocycles. The second-order valence-corrected chi connectivity index (χ2v) is 4.51. The molecule has 0 radical (unpaired) electrons. The fraction of sp³-hybridized carbons (Fsp3) is 0.0769. The van der Waals surface area contributed by atoms with Gasteiger partial charge in [0.05, 0.1) is 0 Å². The van der Waals surface area contributed by atoms with Gasteiger partial charge in [0.2, 0.25) is 0 Å². The summed E-state index contributed by atoms with van der Waals surface area (Å²) in [5, 5.41) is 7.63. The molecule has 1 amide bonds. The van der Waals surface area contributed by atoms with Crippen molar-refractivity contribution in [1.29, 1.82) is 0 Å². The first-order valence-electron chi connectivity index (χ1n) is 5.55. The Morgan fingerprint density at radius 2 is 2.16 bits per heavy atom. The van der Waals surface area contributed by atoms with E-state index in [1.807, 2.05) is 0 Å². The Morgan fingerprint density at radius 1 is 1.32 bits per heavy atom. The van der Waals surface area contributed by atoms with Crippen LogP contribution >= 0.6 is 11.6 Å². The molecule has 96 valence electrons. The van der Waals surface area contributed by atoms with Crippen molar-refractivity contribution in [3.8, 4) is 0 Å². The van der Waals surface area contributed by atoms with Crippen LogP contribution in [0.4, 0.5) is 5.82 Å². The maximum atomic E-state index is 12.0. The Balaban J connectivity index is 1.89. The van der Waals surface area contributed by atoms with Gasteiger partial charge in [0.1, 0.15) is 11.3 Å². The van der Waals surface area contributed by atoms with Gasteiger partial charge >= 0.3 is 0 Å². The lowest BCUT2D eigenvalue weighted by Gasteiger charge is -1.95. The second-order valence-electron chi connectivity index (χ2n) is 4.07. The van der Waals surface area contributed by atoms with Crippen LogP contribution in [-0.2, 0) is 0 Å². The molecule has 5 nitrogen and oxygen atoms in total. The van der Waals surface area contributed by atoms with Gasteiger partial charge in [0.15, 0.2) is 11.6 Å².